The van der Waals surface area contributed by atoms with E-state index in [1.807, 2.05) is 19.1 Å². The highest BCUT2D eigenvalue weighted by molar-refractivity contribution is 6.23. The molecule has 2 aromatic rings. The number of para-hydroxylation sites is 1. The maximum absolute atomic E-state index is 13.8. The van der Waals surface area contributed by atoms with Gasteiger partial charge >= 0.3 is 6.03 Å². The van der Waals surface area contributed by atoms with Crippen LogP contribution in [0.3, 0.4) is 0 Å². The lowest BCUT2D eigenvalue weighted by Crippen LogP contribution is -2.69. The first kappa shape index (κ1) is 19.8. The first-order valence-electron chi connectivity index (χ1n) is 11.3. The Morgan fingerprint density at radius 3 is 2.59 bits per heavy atom. The number of aryl methyl sites for hydroxylation is 1. The van der Waals surface area contributed by atoms with E-state index in [2.05, 4.69) is 10.6 Å². The number of aromatic hydroxyl groups is 1. The first-order chi connectivity index (χ1) is 15.3. The summed E-state index contributed by atoms with van der Waals surface area (Å²) in [6, 6.07) is 13.7. The molecule has 2 saturated heterocycles. The summed E-state index contributed by atoms with van der Waals surface area (Å²) < 4.78 is 0. The molecule has 6 rings (SSSR count). The standard InChI is InChI=1S/C25H27N3O4/c1-15-7-8-18(29)11-19(15)23-12-16-13-26-20(16)25(23,32)10-9-24(14-23)21(30)28(22(31)27-24)17-5-3-2-4-6-17/h2-8,11,16,20,26,29,32H,9-10,12-14H2,1H3,(H,27,31)/t16?,20-,23+,24-,25+/m0/s1. The van der Waals surface area contributed by atoms with Gasteiger partial charge in [-0.15, -0.1) is 0 Å². The molecule has 4 aliphatic rings. The van der Waals surface area contributed by atoms with Crippen LogP contribution in [-0.4, -0.2) is 45.9 Å². The van der Waals surface area contributed by atoms with E-state index in [4.69, 9.17) is 0 Å². The molecule has 2 saturated carbocycles. The molecule has 0 aromatic heterocycles. The molecule has 2 aliphatic carbocycles. The molecule has 2 heterocycles. The Balaban J connectivity index is 1.48. The number of phenolic OH excluding ortho intramolecular Hbond substituents is 1. The summed E-state index contributed by atoms with van der Waals surface area (Å²) in [4.78, 5) is 28.0. The Morgan fingerprint density at radius 1 is 1.09 bits per heavy atom. The summed E-state index contributed by atoms with van der Waals surface area (Å²) >= 11 is 0. The molecule has 2 aliphatic heterocycles. The highest BCUT2D eigenvalue weighted by atomic mass is 16.3. The normalized spacial score (nSPS) is 37.8. The van der Waals surface area contributed by atoms with Crippen molar-refractivity contribution in [3.8, 4) is 5.75 Å². The van der Waals surface area contributed by atoms with Crippen LogP contribution < -0.4 is 15.5 Å². The molecule has 4 fully saturated rings. The Morgan fingerprint density at radius 2 is 1.88 bits per heavy atom. The van der Waals surface area contributed by atoms with Crippen molar-refractivity contribution in [3.05, 3.63) is 59.7 Å². The number of hydrogen-bond donors (Lipinski definition) is 4. The number of nitrogens with zero attached hydrogens (tertiary/aromatic N) is 1. The Labute approximate surface area is 186 Å². The van der Waals surface area contributed by atoms with Crippen molar-refractivity contribution in [3.63, 3.8) is 0 Å². The molecule has 0 bridgehead atoms. The SMILES string of the molecule is Cc1ccc(O)cc1[C@]12CC3CN[C@@H]3[C@]1(O)CC[C@@]1(C2)NC(=O)N(c2ccccc2)C1=O. The number of imide groups is 1. The van der Waals surface area contributed by atoms with E-state index < -0.39 is 22.6 Å². The minimum Gasteiger partial charge on any atom is -0.508 e. The predicted octanol–water partition coefficient (Wildman–Crippen LogP) is 2.34. The van der Waals surface area contributed by atoms with Gasteiger partial charge in [-0.1, -0.05) is 24.3 Å². The molecular weight excluding hydrogens is 406 g/mol. The number of urea groups is 1. The molecule has 5 atom stereocenters. The van der Waals surface area contributed by atoms with Crippen LogP contribution in [0.2, 0.25) is 0 Å². The van der Waals surface area contributed by atoms with Crippen molar-refractivity contribution in [2.75, 3.05) is 11.4 Å². The zero-order chi connectivity index (χ0) is 22.3. The maximum Gasteiger partial charge on any atom is 0.329 e. The number of fused-ring (bicyclic) bond motifs is 3. The largest absolute Gasteiger partial charge is 0.508 e. The molecule has 3 amide bonds. The zero-order valence-corrected chi connectivity index (χ0v) is 18.0. The third kappa shape index (κ3) is 2.33. The van der Waals surface area contributed by atoms with Gasteiger partial charge in [-0.3, -0.25) is 4.79 Å². The lowest BCUT2D eigenvalue weighted by atomic mass is 9.55. The van der Waals surface area contributed by atoms with Gasteiger partial charge in [0.25, 0.3) is 5.91 Å². The fraction of sp³-hybridized carbons (Fsp3) is 0.440. The smallest absolute Gasteiger partial charge is 0.329 e. The van der Waals surface area contributed by atoms with Gasteiger partial charge in [-0.25, -0.2) is 9.69 Å². The second kappa shape index (κ2) is 6.33. The highest BCUT2D eigenvalue weighted by Gasteiger charge is 2.72. The molecule has 2 aromatic carbocycles. The number of anilines is 1. The van der Waals surface area contributed by atoms with E-state index in [0.29, 0.717) is 37.3 Å². The van der Waals surface area contributed by atoms with Crippen molar-refractivity contribution >= 4 is 17.6 Å². The zero-order valence-electron chi connectivity index (χ0n) is 18.0. The number of phenols is 1. The van der Waals surface area contributed by atoms with Crippen molar-refractivity contribution < 1.29 is 19.8 Å². The summed E-state index contributed by atoms with van der Waals surface area (Å²) in [5, 5.41) is 28.9. The molecule has 0 radical (unpaired) electrons. The summed E-state index contributed by atoms with van der Waals surface area (Å²) in [5.41, 5.74) is -0.496. The second-order valence-corrected chi connectivity index (χ2v) is 10.0. The average Bonchev–Trinajstić information content (AvgIpc) is 3.09. The molecule has 7 nitrogen and oxygen atoms in total. The Bertz CT molecular complexity index is 1140. The third-order valence-electron chi connectivity index (χ3n) is 8.47. The van der Waals surface area contributed by atoms with E-state index in [1.165, 1.54) is 4.90 Å². The average molecular weight is 434 g/mol. The van der Waals surface area contributed by atoms with Gasteiger partial charge in [0.15, 0.2) is 0 Å². The first-order valence-corrected chi connectivity index (χ1v) is 11.3. The number of amides is 3. The summed E-state index contributed by atoms with van der Waals surface area (Å²) in [6.45, 7) is 2.81. The number of benzene rings is 2. The molecule has 166 valence electrons. The quantitative estimate of drug-likeness (QED) is 0.545. The highest BCUT2D eigenvalue weighted by Crippen LogP contribution is 2.63. The van der Waals surface area contributed by atoms with Crippen LogP contribution in [0.25, 0.3) is 0 Å². The number of rotatable bonds is 2. The topological polar surface area (TPSA) is 102 Å². The second-order valence-electron chi connectivity index (χ2n) is 10.0. The third-order valence-corrected chi connectivity index (χ3v) is 8.47. The van der Waals surface area contributed by atoms with Crippen LogP contribution in [-0.2, 0) is 10.2 Å². The Kier molecular flexibility index (Phi) is 3.91. The fourth-order valence-electron chi connectivity index (χ4n) is 6.99. The Hall–Kier alpha value is -2.90. The lowest BCUT2D eigenvalue weighted by Gasteiger charge is -2.54. The predicted molar refractivity (Wildman–Crippen MR) is 118 cm³/mol. The van der Waals surface area contributed by atoms with Gasteiger partial charge in [-0.05, 0) is 80.5 Å². The van der Waals surface area contributed by atoms with Gasteiger partial charge in [0.2, 0.25) is 0 Å². The summed E-state index contributed by atoms with van der Waals surface area (Å²) in [5.74, 6) is 0.177. The van der Waals surface area contributed by atoms with E-state index in [9.17, 15) is 19.8 Å². The van der Waals surface area contributed by atoms with E-state index in [-0.39, 0.29) is 17.7 Å². The van der Waals surface area contributed by atoms with E-state index in [1.54, 1.807) is 36.4 Å². The molecule has 1 spiro atoms. The number of carbonyl (C=O) groups excluding carboxylic acids is 2. The minimum atomic E-state index is -1.08. The lowest BCUT2D eigenvalue weighted by molar-refractivity contribution is -0.132. The number of carbonyl (C=O) groups is 2. The number of aliphatic hydroxyl groups is 1. The number of nitrogens with one attached hydrogen (secondary N) is 2. The van der Waals surface area contributed by atoms with Crippen LogP contribution in [0.15, 0.2) is 48.5 Å². The van der Waals surface area contributed by atoms with Gasteiger partial charge in [0, 0.05) is 11.5 Å². The fourth-order valence-corrected chi connectivity index (χ4v) is 6.99. The molecule has 1 unspecified atom stereocenters. The van der Waals surface area contributed by atoms with E-state index >= 15 is 0 Å². The van der Waals surface area contributed by atoms with Crippen LogP contribution in [0, 0.1) is 12.8 Å². The van der Waals surface area contributed by atoms with Crippen LogP contribution in [0.5, 0.6) is 5.75 Å². The maximum atomic E-state index is 13.8. The number of hydrogen-bond acceptors (Lipinski definition) is 5. The molecule has 4 N–H and O–H groups in total. The van der Waals surface area contributed by atoms with Crippen molar-refractivity contribution in [1.82, 2.24) is 10.6 Å². The van der Waals surface area contributed by atoms with Gasteiger partial charge < -0.3 is 20.8 Å². The molecule has 32 heavy (non-hydrogen) atoms. The van der Waals surface area contributed by atoms with Crippen LogP contribution in [0.1, 0.15) is 36.8 Å². The van der Waals surface area contributed by atoms with E-state index in [0.717, 1.165) is 17.7 Å². The van der Waals surface area contributed by atoms with Crippen LogP contribution in [0.4, 0.5) is 10.5 Å². The minimum absolute atomic E-state index is 0.0426. The van der Waals surface area contributed by atoms with Gasteiger partial charge in [0.1, 0.15) is 11.3 Å². The molecule has 7 heteroatoms. The van der Waals surface area contributed by atoms with Crippen molar-refractivity contribution in [1.29, 1.82) is 0 Å². The van der Waals surface area contributed by atoms with Crippen molar-refractivity contribution in [2.45, 2.75) is 55.2 Å². The summed E-state index contributed by atoms with van der Waals surface area (Å²) in [6.07, 6.45) is 1.79. The van der Waals surface area contributed by atoms with Crippen molar-refractivity contribution in [2.24, 2.45) is 5.92 Å². The monoisotopic (exact) mass is 433 g/mol. The van der Waals surface area contributed by atoms with Gasteiger partial charge in [-0.2, -0.15) is 0 Å². The van der Waals surface area contributed by atoms with Gasteiger partial charge in [0.05, 0.1) is 11.3 Å². The van der Waals surface area contributed by atoms with Crippen LogP contribution >= 0.6 is 0 Å². The summed E-state index contributed by atoms with van der Waals surface area (Å²) in [7, 11) is 0. The molecular formula is C25H27N3O4.